The maximum atomic E-state index is 12.2. The van der Waals surface area contributed by atoms with Crippen LogP contribution in [-0.2, 0) is 9.53 Å². The Labute approximate surface area is 159 Å². The zero-order valence-electron chi connectivity index (χ0n) is 13.8. The SMILES string of the molecule is C[C@@H](OC(=O)c1csc(-c2ccccc2)n1)C(=O)Nc1ccccc1Cl. The lowest BCUT2D eigenvalue weighted by Gasteiger charge is -2.13. The van der Waals surface area contributed by atoms with Gasteiger partial charge in [0.05, 0.1) is 10.7 Å². The van der Waals surface area contributed by atoms with Gasteiger partial charge in [0, 0.05) is 10.9 Å². The second-order valence-corrected chi connectivity index (χ2v) is 6.69. The fraction of sp³-hybridized carbons (Fsp3) is 0.105. The van der Waals surface area contributed by atoms with Crippen LogP contribution >= 0.6 is 22.9 Å². The molecule has 0 unspecified atom stereocenters. The number of hydrogen-bond donors (Lipinski definition) is 1. The van der Waals surface area contributed by atoms with Crippen LogP contribution in [0.2, 0.25) is 5.02 Å². The van der Waals surface area contributed by atoms with Crippen LogP contribution in [0.25, 0.3) is 10.6 Å². The molecule has 3 rings (SSSR count). The van der Waals surface area contributed by atoms with E-state index in [1.165, 1.54) is 18.3 Å². The van der Waals surface area contributed by atoms with Crippen molar-refractivity contribution in [3.63, 3.8) is 0 Å². The number of rotatable bonds is 5. The maximum absolute atomic E-state index is 12.2. The molecule has 132 valence electrons. The first-order chi connectivity index (χ1) is 12.5. The first-order valence-corrected chi connectivity index (χ1v) is 9.07. The molecule has 1 amide bonds. The normalized spacial score (nSPS) is 11.6. The molecule has 0 aliphatic rings. The molecule has 3 aromatic rings. The average molecular weight is 387 g/mol. The highest BCUT2D eigenvalue weighted by Crippen LogP contribution is 2.24. The number of halogens is 1. The van der Waals surface area contributed by atoms with E-state index in [-0.39, 0.29) is 5.69 Å². The van der Waals surface area contributed by atoms with E-state index in [0.29, 0.717) is 15.7 Å². The van der Waals surface area contributed by atoms with E-state index < -0.39 is 18.0 Å². The van der Waals surface area contributed by atoms with Gasteiger partial charge in [-0.25, -0.2) is 9.78 Å². The molecule has 0 radical (unpaired) electrons. The number of carbonyl (C=O) groups is 2. The van der Waals surface area contributed by atoms with E-state index in [1.54, 1.807) is 29.6 Å². The summed E-state index contributed by atoms with van der Waals surface area (Å²) in [6.07, 6.45) is -0.986. The first-order valence-electron chi connectivity index (χ1n) is 7.82. The number of benzene rings is 2. The highest BCUT2D eigenvalue weighted by atomic mass is 35.5. The molecule has 2 aromatic carbocycles. The molecule has 0 saturated carbocycles. The number of esters is 1. The molecule has 5 nitrogen and oxygen atoms in total. The van der Waals surface area contributed by atoms with Gasteiger partial charge in [0.25, 0.3) is 5.91 Å². The van der Waals surface area contributed by atoms with Gasteiger partial charge in [0.15, 0.2) is 11.8 Å². The highest BCUT2D eigenvalue weighted by Gasteiger charge is 2.21. The predicted molar refractivity (Wildman–Crippen MR) is 103 cm³/mol. The number of anilines is 1. The van der Waals surface area contributed by atoms with E-state index in [0.717, 1.165) is 5.56 Å². The Bertz CT molecular complexity index is 927. The second kappa shape index (κ2) is 8.12. The maximum Gasteiger partial charge on any atom is 0.358 e. The van der Waals surface area contributed by atoms with Gasteiger partial charge in [0.2, 0.25) is 0 Å². The van der Waals surface area contributed by atoms with Crippen molar-refractivity contribution in [3.05, 3.63) is 70.7 Å². The van der Waals surface area contributed by atoms with Gasteiger partial charge < -0.3 is 10.1 Å². The third-order valence-electron chi connectivity index (χ3n) is 3.52. The molecule has 0 aliphatic carbocycles. The number of para-hydroxylation sites is 1. The summed E-state index contributed by atoms with van der Waals surface area (Å²) in [6, 6.07) is 16.4. The summed E-state index contributed by atoms with van der Waals surface area (Å²) >= 11 is 7.35. The van der Waals surface area contributed by atoms with E-state index >= 15 is 0 Å². The van der Waals surface area contributed by atoms with Gasteiger partial charge in [-0.05, 0) is 19.1 Å². The Morgan fingerprint density at radius 2 is 1.81 bits per heavy atom. The van der Waals surface area contributed by atoms with E-state index in [2.05, 4.69) is 10.3 Å². The van der Waals surface area contributed by atoms with E-state index in [9.17, 15) is 9.59 Å². The largest absolute Gasteiger partial charge is 0.448 e. The Balaban J connectivity index is 1.63. The first kappa shape index (κ1) is 18.1. The van der Waals surface area contributed by atoms with Gasteiger partial charge >= 0.3 is 5.97 Å². The van der Waals surface area contributed by atoms with Crippen LogP contribution < -0.4 is 5.32 Å². The summed E-state index contributed by atoms with van der Waals surface area (Å²) in [5.74, 6) is -1.12. The number of carbonyl (C=O) groups excluding carboxylic acids is 2. The summed E-state index contributed by atoms with van der Waals surface area (Å²) in [4.78, 5) is 28.7. The number of amides is 1. The minimum absolute atomic E-state index is 0.172. The van der Waals surface area contributed by atoms with Crippen molar-refractivity contribution in [3.8, 4) is 10.6 Å². The molecule has 7 heteroatoms. The lowest BCUT2D eigenvalue weighted by molar-refractivity contribution is -0.123. The number of ether oxygens (including phenoxy) is 1. The summed E-state index contributed by atoms with van der Waals surface area (Å²) in [6.45, 7) is 1.49. The molecule has 0 fully saturated rings. The number of hydrogen-bond acceptors (Lipinski definition) is 5. The Hall–Kier alpha value is -2.70. The number of nitrogens with zero attached hydrogens (tertiary/aromatic N) is 1. The molecule has 1 heterocycles. The van der Waals surface area contributed by atoms with Gasteiger partial charge in [-0.3, -0.25) is 4.79 Å². The van der Waals surface area contributed by atoms with Crippen molar-refractivity contribution in [2.75, 3.05) is 5.32 Å². The average Bonchev–Trinajstić information content (AvgIpc) is 3.14. The highest BCUT2D eigenvalue weighted by molar-refractivity contribution is 7.13. The van der Waals surface area contributed by atoms with Gasteiger partial charge in [-0.15, -0.1) is 11.3 Å². The molecule has 0 spiro atoms. The van der Waals surface area contributed by atoms with Crippen molar-refractivity contribution in [1.82, 2.24) is 4.98 Å². The number of aromatic nitrogens is 1. The Morgan fingerprint density at radius 3 is 2.54 bits per heavy atom. The molecule has 0 bridgehead atoms. The van der Waals surface area contributed by atoms with Crippen molar-refractivity contribution in [2.45, 2.75) is 13.0 Å². The van der Waals surface area contributed by atoms with Crippen LogP contribution in [0.5, 0.6) is 0 Å². The third-order valence-corrected chi connectivity index (χ3v) is 4.74. The zero-order valence-corrected chi connectivity index (χ0v) is 15.4. The van der Waals surface area contributed by atoms with Crippen LogP contribution in [0, 0.1) is 0 Å². The number of thiazole rings is 1. The van der Waals surface area contributed by atoms with E-state index in [4.69, 9.17) is 16.3 Å². The quantitative estimate of drug-likeness (QED) is 0.648. The molecule has 1 N–H and O–H groups in total. The zero-order chi connectivity index (χ0) is 18.5. The van der Waals surface area contributed by atoms with Gasteiger partial charge in [0.1, 0.15) is 5.01 Å². The van der Waals surface area contributed by atoms with E-state index in [1.807, 2.05) is 30.3 Å². The van der Waals surface area contributed by atoms with Crippen molar-refractivity contribution < 1.29 is 14.3 Å². The number of nitrogens with one attached hydrogen (secondary N) is 1. The Kier molecular flexibility index (Phi) is 5.65. The molecule has 1 aromatic heterocycles. The minimum atomic E-state index is -0.986. The van der Waals surface area contributed by atoms with Gasteiger partial charge in [-0.1, -0.05) is 54.1 Å². The molecule has 0 aliphatic heterocycles. The topological polar surface area (TPSA) is 68.3 Å². The monoisotopic (exact) mass is 386 g/mol. The molecular weight excluding hydrogens is 372 g/mol. The summed E-state index contributed by atoms with van der Waals surface area (Å²) in [7, 11) is 0. The van der Waals surface area contributed by atoms with Gasteiger partial charge in [-0.2, -0.15) is 0 Å². The van der Waals surface area contributed by atoms with Crippen LogP contribution in [0.1, 0.15) is 17.4 Å². The third kappa shape index (κ3) is 4.28. The molecule has 1 atom stereocenters. The fourth-order valence-corrected chi connectivity index (χ4v) is 3.13. The van der Waals surface area contributed by atoms with Crippen LogP contribution in [0.4, 0.5) is 5.69 Å². The smallest absolute Gasteiger partial charge is 0.358 e. The standard InChI is InChI=1S/C19H15ClN2O3S/c1-12(17(23)21-15-10-6-5-9-14(15)20)25-19(24)16-11-26-18(22-16)13-7-3-2-4-8-13/h2-12H,1H3,(H,21,23)/t12-/m1/s1. The van der Waals surface area contributed by atoms with Crippen molar-refractivity contribution in [1.29, 1.82) is 0 Å². The minimum Gasteiger partial charge on any atom is -0.448 e. The van der Waals surface area contributed by atoms with Crippen LogP contribution in [0.15, 0.2) is 60.0 Å². The molecular formula is C19H15ClN2O3S. The fourth-order valence-electron chi connectivity index (χ4n) is 2.15. The molecule has 0 saturated heterocycles. The lowest BCUT2D eigenvalue weighted by atomic mass is 10.2. The Morgan fingerprint density at radius 1 is 1.12 bits per heavy atom. The predicted octanol–water partition coefficient (Wildman–Crippen LogP) is 4.65. The summed E-state index contributed by atoms with van der Waals surface area (Å²) < 4.78 is 5.21. The summed E-state index contributed by atoms with van der Waals surface area (Å²) in [5.41, 5.74) is 1.55. The van der Waals surface area contributed by atoms with Crippen LogP contribution in [-0.4, -0.2) is 23.0 Å². The second-order valence-electron chi connectivity index (χ2n) is 5.42. The van der Waals surface area contributed by atoms with Crippen molar-refractivity contribution in [2.24, 2.45) is 0 Å². The van der Waals surface area contributed by atoms with Crippen molar-refractivity contribution >= 4 is 40.5 Å². The summed E-state index contributed by atoms with van der Waals surface area (Å²) in [5, 5.41) is 5.37. The van der Waals surface area contributed by atoms with Crippen LogP contribution in [0.3, 0.4) is 0 Å². The molecule has 26 heavy (non-hydrogen) atoms. The lowest BCUT2D eigenvalue weighted by Crippen LogP contribution is -2.30.